The van der Waals surface area contributed by atoms with Crippen LogP contribution in [0.4, 0.5) is 11.4 Å². The first kappa shape index (κ1) is 18.0. The number of methoxy groups -OCH3 is 1. The summed E-state index contributed by atoms with van der Waals surface area (Å²) in [6.45, 7) is 3.67. The largest absolute Gasteiger partial charge is 0.383 e. The molecule has 0 fully saturated rings. The summed E-state index contributed by atoms with van der Waals surface area (Å²) in [7, 11) is 1.53. The van der Waals surface area contributed by atoms with Crippen LogP contribution in [0.15, 0.2) is 54.6 Å². The molecule has 2 aromatic carbocycles. The van der Waals surface area contributed by atoms with E-state index >= 15 is 0 Å². The van der Waals surface area contributed by atoms with Gasteiger partial charge in [0.1, 0.15) is 6.04 Å². The SMILES string of the molecule is CCN(c1ccccc1)c1ccc(CNC(=O)C(N)COC)cc1. The van der Waals surface area contributed by atoms with Gasteiger partial charge in [-0.05, 0) is 36.8 Å². The minimum Gasteiger partial charge on any atom is -0.383 e. The number of nitrogens with two attached hydrogens (primary N) is 1. The van der Waals surface area contributed by atoms with Crippen LogP contribution in [0, 0.1) is 0 Å². The van der Waals surface area contributed by atoms with Crippen LogP contribution in [0.5, 0.6) is 0 Å². The number of rotatable bonds is 8. The first-order valence-electron chi connectivity index (χ1n) is 8.09. The summed E-state index contributed by atoms with van der Waals surface area (Å²) in [4.78, 5) is 14.0. The van der Waals surface area contributed by atoms with Crippen LogP contribution in [0.1, 0.15) is 12.5 Å². The molecule has 0 radical (unpaired) electrons. The molecule has 24 heavy (non-hydrogen) atoms. The Hall–Kier alpha value is -2.37. The summed E-state index contributed by atoms with van der Waals surface area (Å²) in [6.07, 6.45) is 0. The van der Waals surface area contributed by atoms with Crippen LogP contribution in [0.25, 0.3) is 0 Å². The average molecular weight is 327 g/mol. The highest BCUT2D eigenvalue weighted by molar-refractivity contribution is 5.81. The van der Waals surface area contributed by atoms with Crippen molar-refractivity contribution in [1.82, 2.24) is 5.32 Å². The number of nitrogens with zero attached hydrogens (tertiary/aromatic N) is 1. The fraction of sp³-hybridized carbons (Fsp3) is 0.316. The topological polar surface area (TPSA) is 67.6 Å². The molecule has 0 aromatic heterocycles. The maximum atomic E-state index is 11.8. The van der Waals surface area contributed by atoms with Crippen LogP contribution in [-0.2, 0) is 16.1 Å². The molecule has 1 atom stereocenters. The van der Waals surface area contributed by atoms with Crippen molar-refractivity contribution >= 4 is 17.3 Å². The molecule has 5 heteroatoms. The molecule has 2 rings (SSSR count). The molecule has 128 valence electrons. The summed E-state index contributed by atoms with van der Waals surface area (Å²) in [5.74, 6) is -0.208. The first-order valence-corrected chi connectivity index (χ1v) is 8.09. The molecule has 2 aromatic rings. The Kier molecular flexibility index (Phi) is 6.78. The van der Waals surface area contributed by atoms with Gasteiger partial charge in [0.25, 0.3) is 0 Å². The van der Waals surface area contributed by atoms with Crippen molar-refractivity contribution in [3.63, 3.8) is 0 Å². The van der Waals surface area contributed by atoms with Crippen LogP contribution in [0.3, 0.4) is 0 Å². The fourth-order valence-electron chi connectivity index (χ4n) is 2.49. The van der Waals surface area contributed by atoms with Crippen molar-refractivity contribution in [2.75, 3.05) is 25.2 Å². The van der Waals surface area contributed by atoms with E-state index in [9.17, 15) is 4.79 Å². The van der Waals surface area contributed by atoms with Crippen molar-refractivity contribution in [3.05, 3.63) is 60.2 Å². The fourth-order valence-corrected chi connectivity index (χ4v) is 2.49. The van der Waals surface area contributed by atoms with E-state index < -0.39 is 6.04 Å². The Labute approximate surface area is 143 Å². The van der Waals surface area contributed by atoms with Crippen LogP contribution in [-0.4, -0.2) is 32.2 Å². The van der Waals surface area contributed by atoms with E-state index in [0.717, 1.165) is 23.5 Å². The number of para-hydroxylation sites is 1. The van der Waals surface area contributed by atoms with E-state index in [2.05, 4.69) is 41.4 Å². The summed E-state index contributed by atoms with van der Waals surface area (Å²) >= 11 is 0. The molecule has 0 aliphatic carbocycles. The van der Waals surface area contributed by atoms with E-state index in [1.807, 2.05) is 30.3 Å². The van der Waals surface area contributed by atoms with Crippen LogP contribution < -0.4 is 16.0 Å². The Balaban J connectivity index is 1.98. The number of hydrogen-bond donors (Lipinski definition) is 2. The second-order valence-electron chi connectivity index (χ2n) is 5.53. The van der Waals surface area contributed by atoms with Crippen molar-refractivity contribution < 1.29 is 9.53 Å². The molecule has 0 saturated heterocycles. The third-order valence-electron chi connectivity index (χ3n) is 3.78. The predicted molar refractivity (Wildman–Crippen MR) is 97.3 cm³/mol. The number of hydrogen-bond acceptors (Lipinski definition) is 4. The molecule has 0 heterocycles. The van der Waals surface area contributed by atoms with Gasteiger partial charge in [-0.1, -0.05) is 30.3 Å². The number of benzene rings is 2. The standard InChI is InChI=1S/C19H25N3O2/c1-3-22(16-7-5-4-6-8-16)17-11-9-15(10-12-17)13-21-19(23)18(20)14-24-2/h4-12,18H,3,13-14,20H2,1-2H3,(H,21,23). The number of amides is 1. The molecule has 0 aliphatic heterocycles. The Morgan fingerprint density at radius 3 is 2.33 bits per heavy atom. The smallest absolute Gasteiger partial charge is 0.239 e. The number of nitrogens with one attached hydrogen (secondary N) is 1. The maximum Gasteiger partial charge on any atom is 0.239 e. The van der Waals surface area contributed by atoms with Crippen molar-refractivity contribution in [2.45, 2.75) is 19.5 Å². The zero-order chi connectivity index (χ0) is 17.4. The zero-order valence-corrected chi connectivity index (χ0v) is 14.2. The predicted octanol–water partition coefficient (Wildman–Crippen LogP) is 2.43. The van der Waals surface area contributed by atoms with E-state index in [4.69, 9.17) is 10.5 Å². The van der Waals surface area contributed by atoms with Gasteiger partial charge < -0.3 is 20.7 Å². The number of carbonyl (C=O) groups is 1. The summed E-state index contributed by atoms with van der Waals surface area (Å²) < 4.78 is 4.88. The van der Waals surface area contributed by atoms with E-state index in [1.54, 1.807) is 0 Å². The van der Waals surface area contributed by atoms with Crippen LogP contribution >= 0.6 is 0 Å². The highest BCUT2D eigenvalue weighted by Crippen LogP contribution is 2.24. The quantitative estimate of drug-likeness (QED) is 0.781. The van der Waals surface area contributed by atoms with Gasteiger partial charge in [0, 0.05) is 31.6 Å². The number of carbonyl (C=O) groups excluding carboxylic acids is 1. The Morgan fingerprint density at radius 2 is 1.75 bits per heavy atom. The maximum absolute atomic E-state index is 11.8. The average Bonchev–Trinajstić information content (AvgIpc) is 2.62. The van der Waals surface area contributed by atoms with Gasteiger partial charge >= 0.3 is 0 Å². The summed E-state index contributed by atoms with van der Waals surface area (Å²) in [5, 5.41) is 2.82. The second kappa shape index (κ2) is 9.05. The lowest BCUT2D eigenvalue weighted by Crippen LogP contribution is -2.43. The summed E-state index contributed by atoms with van der Waals surface area (Å²) in [6, 6.07) is 17.8. The van der Waals surface area contributed by atoms with Crippen molar-refractivity contribution in [2.24, 2.45) is 5.73 Å². The first-order chi connectivity index (χ1) is 11.7. The third-order valence-corrected chi connectivity index (χ3v) is 3.78. The zero-order valence-electron chi connectivity index (χ0n) is 14.2. The Bertz CT molecular complexity index is 629. The number of anilines is 2. The van der Waals surface area contributed by atoms with Gasteiger partial charge in [-0.2, -0.15) is 0 Å². The third kappa shape index (κ3) is 4.81. The monoisotopic (exact) mass is 327 g/mol. The van der Waals surface area contributed by atoms with E-state index in [1.165, 1.54) is 7.11 Å². The molecular formula is C19H25N3O2. The van der Waals surface area contributed by atoms with Crippen LogP contribution in [0.2, 0.25) is 0 Å². The van der Waals surface area contributed by atoms with Crippen molar-refractivity contribution in [1.29, 1.82) is 0 Å². The molecule has 0 aliphatic rings. The van der Waals surface area contributed by atoms with E-state index in [0.29, 0.717) is 6.54 Å². The molecule has 1 amide bonds. The molecule has 1 unspecified atom stereocenters. The lowest BCUT2D eigenvalue weighted by atomic mass is 10.1. The molecule has 0 bridgehead atoms. The van der Waals surface area contributed by atoms with Gasteiger partial charge in [-0.25, -0.2) is 0 Å². The normalized spacial score (nSPS) is 11.8. The van der Waals surface area contributed by atoms with Gasteiger partial charge in [-0.3, -0.25) is 4.79 Å². The number of ether oxygens (including phenoxy) is 1. The lowest BCUT2D eigenvalue weighted by Gasteiger charge is -2.23. The van der Waals surface area contributed by atoms with E-state index in [-0.39, 0.29) is 12.5 Å². The van der Waals surface area contributed by atoms with Crippen molar-refractivity contribution in [3.8, 4) is 0 Å². The van der Waals surface area contributed by atoms with Gasteiger partial charge in [-0.15, -0.1) is 0 Å². The molecule has 0 spiro atoms. The minimum atomic E-state index is -0.636. The lowest BCUT2D eigenvalue weighted by molar-refractivity contribution is -0.123. The summed E-state index contributed by atoms with van der Waals surface area (Å²) in [5.41, 5.74) is 9.00. The highest BCUT2D eigenvalue weighted by atomic mass is 16.5. The molecule has 5 nitrogen and oxygen atoms in total. The van der Waals surface area contributed by atoms with Gasteiger partial charge in [0.05, 0.1) is 6.61 Å². The second-order valence-corrected chi connectivity index (χ2v) is 5.53. The molecule has 3 N–H and O–H groups in total. The van der Waals surface area contributed by atoms with Gasteiger partial charge in [0.15, 0.2) is 0 Å². The molecular weight excluding hydrogens is 302 g/mol. The van der Waals surface area contributed by atoms with Gasteiger partial charge in [0.2, 0.25) is 5.91 Å². The molecule has 0 saturated carbocycles. The highest BCUT2D eigenvalue weighted by Gasteiger charge is 2.12. The Morgan fingerprint density at radius 1 is 1.12 bits per heavy atom. The minimum absolute atomic E-state index is 0.208.